The van der Waals surface area contributed by atoms with Crippen LogP contribution in [0, 0.1) is 0 Å². The molecule has 0 aromatic heterocycles. The quantitative estimate of drug-likeness (QED) is 0.397. The Labute approximate surface area is 180 Å². The van der Waals surface area contributed by atoms with Crippen molar-refractivity contribution < 1.29 is 34.0 Å². The summed E-state index contributed by atoms with van der Waals surface area (Å²) in [7, 11) is 4.28. The minimum Gasteiger partial charge on any atom is -0.506 e. The predicted molar refractivity (Wildman–Crippen MR) is 114 cm³/mol. The topological polar surface area (TPSA) is 106 Å². The summed E-state index contributed by atoms with van der Waals surface area (Å²) in [5.41, 5.74) is 0.525. The highest BCUT2D eigenvalue weighted by atomic mass is 16.5. The number of benzene rings is 2. The molecule has 1 aliphatic rings. The van der Waals surface area contributed by atoms with Gasteiger partial charge < -0.3 is 29.3 Å². The van der Waals surface area contributed by atoms with E-state index in [9.17, 15) is 19.8 Å². The highest BCUT2D eigenvalue weighted by Crippen LogP contribution is 2.44. The number of aromatic hydroxyl groups is 1. The summed E-state index contributed by atoms with van der Waals surface area (Å²) < 4.78 is 15.8. The highest BCUT2D eigenvalue weighted by Gasteiger charge is 2.46. The predicted octanol–water partition coefficient (Wildman–Crippen LogP) is 3.25. The first kappa shape index (κ1) is 22.0. The molecule has 2 aromatic rings. The van der Waals surface area contributed by atoms with Gasteiger partial charge in [-0.3, -0.25) is 9.59 Å². The maximum atomic E-state index is 13.0. The van der Waals surface area contributed by atoms with E-state index in [0.29, 0.717) is 18.5 Å². The Morgan fingerprint density at radius 3 is 2.13 bits per heavy atom. The molecule has 0 bridgehead atoms. The molecule has 0 spiro atoms. The molecule has 31 heavy (non-hydrogen) atoms. The monoisotopic (exact) mass is 427 g/mol. The van der Waals surface area contributed by atoms with E-state index in [1.54, 1.807) is 30.3 Å². The zero-order valence-electron chi connectivity index (χ0n) is 17.8. The number of aliphatic hydroxyl groups is 1. The molecular formula is C23H25NO7. The van der Waals surface area contributed by atoms with E-state index in [0.717, 1.165) is 0 Å². The van der Waals surface area contributed by atoms with Crippen molar-refractivity contribution in [1.82, 2.24) is 4.90 Å². The van der Waals surface area contributed by atoms with Gasteiger partial charge in [-0.05, 0) is 36.2 Å². The van der Waals surface area contributed by atoms with Crippen LogP contribution < -0.4 is 14.2 Å². The van der Waals surface area contributed by atoms with Crippen LogP contribution in [0.4, 0.5) is 0 Å². The van der Waals surface area contributed by atoms with Crippen LogP contribution in [-0.2, 0) is 9.59 Å². The summed E-state index contributed by atoms with van der Waals surface area (Å²) in [6.45, 7) is 2.17. The first-order valence-corrected chi connectivity index (χ1v) is 9.76. The lowest BCUT2D eigenvalue weighted by Crippen LogP contribution is -2.30. The van der Waals surface area contributed by atoms with Gasteiger partial charge in [-0.25, -0.2) is 0 Å². The van der Waals surface area contributed by atoms with Crippen molar-refractivity contribution in [2.24, 2.45) is 0 Å². The van der Waals surface area contributed by atoms with E-state index in [1.807, 2.05) is 6.92 Å². The molecule has 1 unspecified atom stereocenters. The van der Waals surface area contributed by atoms with Crippen molar-refractivity contribution in [3.8, 4) is 23.0 Å². The van der Waals surface area contributed by atoms with Crippen molar-refractivity contribution in [2.75, 3.05) is 27.9 Å². The molecule has 3 rings (SSSR count). The normalized spacial score (nSPS) is 17.7. The molecule has 164 valence electrons. The zero-order chi connectivity index (χ0) is 22.7. The molecule has 1 heterocycles. The molecule has 8 nitrogen and oxygen atoms in total. The van der Waals surface area contributed by atoms with Gasteiger partial charge in [-0.15, -0.1) is 0 Å². The fourth-order valence-electron chi connectivity index (χ4n) is 3.79. The number of ether oxygens (including phenoxy) is 3. The summed E-state index contributed by atoms with van der Waals surface area (Å²) in [6.07, 6.45) is 0.601. The third-order valence-electron chi connectivity index (χ3n) is 5.19. The summed E-state index contributed by atoms with van der Waals surface area (Å²) in [5.74, 6) is -1.27. The molecule has 2 N–H and O–H groups in total. The number of Topliss-reactive ketones (excluding diaryl/α,β-unsaturated/α-hetero) is 1. The summed E-state index contributed by atoms with van der Waals surface area (Å²) in [4.78, 5) is 27.2. The van der Waals surface area contributed by atoms with Gasteiger partial charge in [0.05, 0.1) is 32.9 Å². The minimum atomic E-state index is -0.897. The second-order valence-electron chi connectivity index (χ2n) is 6.96. The number of carbonyl (C=O) groups is 2. The van der Waals surface area contributed by atoms with E-state index >= 15 is 0 Å². The minimum absolute atomic E-state index is 0.106. The zero-order valence-corrected chi connectivity index (χ0v) is 17.8. The first-order chi connectivity index (χ1) is 14.9. The molecule has 0 radical (unpaired) electrons. The molecular weight excluding hydrogens is 402 g/mol. The van der Waals surface area contributed by atoms with Gasteiger partial charge in [0.2, 0.25) is 0 Å². The Kier molecular flexibility index (Phi) is 6.39. The number of rotatable bonds is 7. The lowest BCUT2D eigenvalue weighted by atomic mass is 9.94. The maximum absolute atomic E-state index is 13.0. The van der Waals surface area contributed by atoms with Crippen LogP contribution in [0.5, 0.6) is 23.0 Å². The standard InChI is InChI=1S/C23H25NO7/c1-5-11-24-20(13-9-10-15(29-2)14(25)12-13)19(22(27)23(24)28)21(26)18-16(30-3)7-6-8-17(18)31-4/h6-10,12,20,25-26H,5,11H2,1-4H3/b21-19+. The van der Waals surface area contributed by atoms with Crippen LogP contribution >= 0.6 is 0 Å². The van der Waals surface area contributed by atoms with Crippen LogP contribution in [0.2, 0.25) is 0 Å². The first-order valence-electron chi connectivity index (χ1n) is 9.76. The van der Waals surface area contributed by atoms with Crippen molar-refractivity contribution in [1.29, 1.82) is 0 Å². The number of aliphatic hydroxyl groups excluding tert-OH is 1. The summed E-state index contributed by atoms with van der Waals surface area (Å²) >= 11 is 0. The average Bonchev–Trinajstić information content (AvgIpc) is 3.03. The number of hydrogen-bond acceptors (Lipinski definition) is 7. The van der Waals surface area contributed by atoms with Crippen molar-refractivity contribution in [3.63, 3.8) is 0 Å². The molecule has 1 atom stereocenters. The van der Waals surface area contributed by atoms with Gasteiger partial charge >= 0.3 is 0 Å². The van der Waals surface area contributed by atoms with E-state index < -0.39 is 23.5 Å². The lowest BCUT2D eigenvalue weighted by Gasteiger charge is -2.25. The van der Waals surface area contributed by atoms with Gasteiger partial charge in [0.25, 0.3) is 11.7 Å². The van der Waals surface area contributed by atoms with Gasteiger partial charge in [0.1, 0.15) is 22.8 Å². The highest BCUT2D eigenvalue weighted by molar-refractivity contribution is 6.46. The molecule has 1 amide bonds. The Hall–Kier alpha value is -3.68. The third-order valence-corrected chi connectivity index (χ3v) is 5.19. The van der Waals surface area contributed by atoms with Crippen LogP contribution in [0.3, 0.4) is 0 Å². The van der Waals surface area contributed by atoms with Crippen LogP contribution in [0.1, 0.15) is 30.5 Å². The van der Waals surface area contributed by atoms with E-state index in [2.05, 4.69) is 0 Å². The van der Waals surface area contributed by atoms with Gasteiger partial charge in [-0.1, -0.05) is 19.1 Å². The number of hydrogen-bond donors (Lipinski definition) is 2. The van der Waals surface area contributed by atoms with Crippen molar-refractivity contribution in [3.05, 3.63) is 53.1 Å². The van der Waals surface area contributed by atoms with Crippen molar-refractivity contribution in [2.45, 2.75) is 19.4 Å². The van der Waals surface area contributed by atoms with Crippen molar-refractivity contribution >= 4 is 17.4 Å². The SMILES string of the molecule is CCCN1C(=O)C(=O)/C(=C(/O)c2c(OC)cccc2OC)C1c1ccc(OC)c(O)c1. The van der Waals surface area contributed by atoms with Gasteiger partial charge in [-0.2, -0.15) is 0 Å². The summed E-state index contributed by atoms with van der Waals surface area (Å²) in [6, 6.07) is 8.63. The molecule has 0 aliphatic carbocycles. The number of phenolic OH excluding ortho intramolecular Hbond substituents is 1. The Balaban J connectivity index is 2.29. The Morgan fingerprint density at radius 2 is 1.61 bits per heavy atom. The molecule has 2 aromatic carbocycles. The number of ketones is 1. The Morgan fingerprint density at radius 1 is 1.00 bits per heavy atom. The maximum Gasteiger partial charge on any atom is 0.295 e. The second-order valence-corrected chi connectivity index (χ2v) is 6.96. The molecule has 1 aliphatic heterocycles. The number of nitrogens with zero attached hydrogens (tertiary/aromatic N) is 1. The number of likely N-dealkylation sites (tertiary alicyclic amines) is 1. The number of amides is 1. The fourth-order valence-corrected chi connectivity index (χ4v) is 3.79. The number of phenols is 1. The molecule has 0 saturated carbocycles. The van der Waals surface area contributed by atoms with Crippen LogP contribution in [0.15, 0.2) is 42.0 Å². The largest absolute Gasteiger partial charge is 0.506 e. The molecule has 1 fully saturated rings. The molecule has 1 saturated heterocycles. The third kappa shape index (κ3) is 3.76. The van der Waals surface area contributed by atoms with E-state index in [-0.39, 0.29) is 34.1 Å². The van der Waals surface area contributed by atoms with Crippen LogP contribution in [-0.4, -0.2) is 54.7 Å². The van der Waals surface area contributed by atoms with Gasteiger partial charge in [0.15, 0.2) is 11.5 Å². The second kappa shape index (κ2) is 8.99. The van der Waals surface area contributed by atoms with Crippen LogP contribution in [0.25, 0.3) is 5.76 Å². The number of methoxy groups -OCH3 is 3. The van der Waals surface area contributed by atoms with E-state index in [4.69, 9.17) is 14.2 Å². The average molecular weight is 427 g/mol. The summed E-state index contributed by atoms with van der Waals surface area (Å²) in [5, 5.41) is 21.5. The van der Waals surface area contributed by atoms with Gasteiger partial charge in [0, 0.05) is 6.54 Å². The Bertz CT molecular complexity index is 1020. The number of carbonyl (C=O) groups excluding carboxylic acids is 2. The smallest absolute Gasteiger partial charge is 0.295 e. The fraction of sp³-hybridized carbons (Fsp3) is 0.304. The molecule has 8 heteroatoms. The lowest BCUT2D eigenvalue weighted by molar-refractivity contribution is -0.139. The van der Waals surface area contributed by atoms with E-state index in [1.165, 1.54) is 32.3 Å².